The number of nitrogens with one attached hydrogen (secondary N) is 1. The molecule has 0 saturated heterocycles. The van der Waals surface area contributed by atoms with Crippen LogP contribution in [0.3, 0.4) is 0 Å². The molecule has 4 nitrogen and oxygen atoms in total. The molecule has 1 aromatic heterocycles. The van der Waals surface area contributed by atoms with Gasteiger partial charge in [0, 0.05) is 5.69 Å². The number of thioether (sulfide) groups is 1. The maximum absolute atomic E-state index is 12.8. The van der Waals surface area contributed by atoms with E-state index in [0.717, 1.165) is 34.3 Å². The van der Waals surface area contributed by atoms with Gasteiger partial charge in [-0.25, -0.2) is 4.98 Å². The van der Waals surface area contributed by atoms with E-state index in [1.54, 1.807) is 0 Å². The number of hydrogen-bond acceptors (Lipinski definition) is 4. The first kappa shape index (κ1) is 17.5. The number of oxazole rings is 1. The quantitative estimate of drug-likeness (QED) is 0.618. The number of rotatable bonds is 6. The predicted molar refractivity (Wildman–Crippen MR) is 103 cm³/mol. The van der Waals surface area contributed by atoms with Crippen molar-refractivity contribution in [1.82, 2.24) is 4.98 Å². The number of anilines is 1. The van der Waals surface area contributed by atoms with E-state index < -0.39 is 0 Å². The van der Waals surface area contributed by atoms with Crippen LogP contribution >= 0.6 is 11.8 Å². The zero-order valence-electron chi connectivity index (χ0n) is 14.7. The van der Waals surface area contributed by atoms with Gasteiger partial charge in [-0.1, -0.05) is 55.9 Å². The first-order valence-electron chi connectivity index (χ1n) is 8.54. The molecule has 1 amide bonds. The first-order valence-corrected chi connectivity index (χ1v) is 9.42. The fourth-order valence-corrected chi connectivity index (χ4v) is 3.62. The van der Waals surface area contributed by atoms with E-state index in [1.807, 2.05) is 50.2 Å². The maximum Gasteiger partial charge on any atom is 0.257 e. The summed E-state index contributed by atoms with van der Waals surface area (Å²) in [5.74, 6) is -0.0150. The summed E-state index contributed by atoms with van der Waals surface area (Å²) in [7, 11) is 0. The minimum atomic E-state index is -0.252. The molecule has 0 saturated carbocycles. The van der Waals surface area contributed by atoms with Crippen LogP contribution in [0.1, 0.15) is 31.4 Å². The second-order valence-electron chi connectivity index (χ2n) is 5.91. The zero-order valence-corrected chi connectivity index (χ0v) is 15.5. The number of aryl methyl sites for hydroxylation is 2. The number of amides is 1. The van der Waals surface area contributed by atoms with Gasteiger partial charge in [-0.15, -0.1) is 0 Å². The second-order valence-corrected chi connectivity index (χ2v) is 7.07. The van der Waals surface area contributed by atoms with Gasteiger partial charge in [-0.2, -0.15) is 0 Å². The fourth-order valence-electron chi connectivity index (χ4n) is 2.75. The lowest BCUT2D eigenvalue weighted by molar-refractivity contribution is -0.115. The number of fused-ring (bicyclic) bond motifs is 1. The van der Waals surface area contributed by atoms with Gasteiger partial charge in [0.25, 0.3) is 5.22 Å². The average molecular weight is 354 g/mol. The van der Waals surface area contributed by atoms with Crippen molar-refractivity contribution in [2.24, 2.45) is 0 Å². The average Bonchev–Trinajstić information content (AvgIpc) is 3.03. The molecule has 1 unspecified atom stereocenters. The molecule has 25 heavy (non-hydrogen) atoms. The van der Waals surface area contributed by atoms with Crippen molar-refractivity contribution in [3.8, 4) is 0 Å². The molecule has 0 radical (unpaired) electrons. The molecule has 130 valence electrons. The van der Waals surface area contributed by atoms with Crippen molar-refractivity contribution in [3.63, 3.8) is 0 Å². The highest BCUT2D eigenvalue weighted by molar-refractivity contribution is 8.00. The minimum absolute atomic E-state index is 0.0150. The van der Waals surface area contributed by atoms with Crippen LogP contribution in [0.2, 0.25) is 0 Å². The molecule has 1 atom stereocenters. The molecular weight excluding hydrogens is 332 g/mol. The molecule has 0 fully saturated rings. The summed E-state index contributed by atoms with van der Waals surface area (Å²) >= 11 is 1.37. The number of carbonyl (C=O) groups excluding carboxylic acids is 1. The third-order valence-electron chi connectivity index (χ3n) is 4.17. The van der Waals surface area contributed by atoms with Crippen molar-refractivity contribution >= 4 is 34.5 Å². The Morgan fingerprint density at radius 3 is 2.72 bits per heavy atom. The molecule has 1 N–H and O–H groups in total. The molecule has 2 aromatic carbocycles. The van der Waals surface area contributed by atoms with Crippen LogP contribution in [0.5, 0.6) is 0 Å². The van der Waals surface area contributed by atoms with E-state index in [4.69, 9.17) is 4.42 Å². The van der Waals surface area contributed by atoms with Gasteiger partial charge < -0.3 is 9.73 Å². The van der Waals surface area contributed by atoms with E-state index in [2.05, 4.69) is 23.3 Å². The SMILES string of the molecule is CCc1cccc(C)c1NC(=O)C(CC)Sc1nc2ccccc2o1. The fraction of sp³-hybridized carbons (Fsp3) is 0.300. The van der Waals surface area contributed by atoms with Crippen LogP contribution in [-0.4, -0.2) is 16.1 Å². The van der Waals surface area contributed by atoms with Crippen molar-refractivity contribution in [2.45, 2.75) is 44.1 Å². The summed E-state index contributed by atoms with van der Waals surface area (Å²) in [6.07, 6.45) is 1.58. The van der Waals surface area contributed by atoms with Gasteiger partial charge in [0.1, 0.15) is 5.52 Å². The summed E-state index contributed by atoms with van der Waals surface area (Å²) in [6, 6.07) is 13.7. The third kappa shape index (κ3) is 3.87. The zero-order chi connectivity index (χ0) is 17.8. The molecule has 0 aliphatic rings. The third-order valence-corrected chi connectivity index (χ3v) is 5.38. The van der Waals surface area contributed by atoms with E-state index in [-0.39, 0.29) is 11.2 Å². The Hall–Kier alpha value is -2.27. The first-order chi connectivity index (χ1) is 12.1. The van der Waals surface area contributed by atoms with Crippen LogP contribution in [0.15, 0.2) is 52.1 Å². The summed E-state index contributed by atoms with van der Waals surface area (Å²) in [5.41, 5.74) is 4.70. The monoisotopic (exact) mass is 354 g/mol. The van der Waals surface area contributed by atoms with Crippen molar-refractivity contribution in [3.05, 3.63) is 53.6 Å². The number of aromatic nitrogens is 1. The van der Waals surface area contributed by atoms with Crippen LogP contribution in [0.25, 0.3) is 11.1 Å². The number of nitrogens with zero attached hydrogens (tertiary/aromatic N) is 1. The van der Waals surface area contributed by atoms with Gasteiger partial charge >= 0.3 is 0 Å². The van der Waals surface area contributed by atoms with Gasteiger partial charge in [0.05, 0.1) is 5.25 Å². The Labute approximate surface area is 152 Å². The summed E-state index contributed by atoms with van der Waals surface area (Å²) < 4.78 is 5.74. The summed E-state index contributed by atoms with van der Waals surface area (Å²) in [5, 5.41) is 3.38. The molecule has 0 bridgehead atoms. The predicted octanol–water partition coefficient (Wildman–Crippen LogP) is 5.21. The highest BCUT2D eigenvalue weighted by Gasteiger charge is 2.22. The maximum atomic E-state index is 12.8. The van der Waals surface area contributed by atoms with Crippen molar-refractivity contribution < 1.29 is 9.21 Å². The van der Waals surface area contributed by atoms with Crippen LogP contribution in [0, 0.1) is 6.92 Å². The molecule has 0 aliphatic carbocycles. The topological polar surface area (TPSA) is 55.1 Å². The minimum Gasteiger partial charge on any atom is -0.431 e. The molecule has 5 heteroatoms. The lowest BCUT2D eigenvalue weighted by Crippen LogP contribution is -2.25. The lowest BCUT2D eigenvalue weighted by Gasteiger charge is -2.16. The van der Waals surface area contributed by atoms with E-state index in [9.17, 15) is 4.79 Å². The largest absolute Gasteiger partial charge is 0.431 e. The van der Waals surface area contributed by atoms with Crippen molar-refractivity contribution in [1.29, 1.82) is 0 Å². The number of carbonyl (C=O) groups is 1. The van der Waals surface area contributed by atoms with E-state index in [1.165, 1.54) is 11.8 Å². The Morgan fingerprint density at radius 2 is 2.00 bits per heavy atom. The second kappa shape index (κ2) is 7.74. The molecule has 0 aliphatic heterocycles. The number of hydrogen-bond donors (Lipinski definition) is 1. The standard InChI is InChI=1S/C20H22N2O2S/c1-4-14-10-8-9-13(3)18(14)22-19(23)17(5-2)25-20-21-15-11-6-7-12-16(15)24-20/h6-12,17H,4-5H2,1-3H3,(H,22,23). The summed E-state index contributed by atoms with van der Waals surface area (Å²) in [6.45, 7) is 6.11. The molecule has 0 spiro atoms. The van der Waals surface area contributed by atoms with Gasteiger partial charge in [-0.05, 0) is 43.0 Å². The number of para-hydroxylation sites is 3. The van der Waals surface area contributed by atoms with E-state index in [0.29, 0.717) is 11.6 Å². The normalized spacial score (nSPS) is 12.3. The highest BCUT2D eigenvalue weighted by atomic mass is 32.2. The number of benzene rings is 2. The van der Waals surface area contributed by atoms with Crippen molar-refractivity contribution in [2.75, 3.05) is 5.32 Å². The lowest BCUT2D eigenvalue weighted by atomic mass is 10.1. The molecular formula is C20H22N2O2S. The molecule has 3 aromatic rings. The van der Waals surface area contributed by atoms with Gasteiger partial charge in [0.2, 0.25) is 5.91 Å². The Kier molecular flexibility index (Phi) is 5.43. The smallest absolute Gasteiger partial charge is 0.257 e. The summed E-state index contributed by atoms with van der Waals surface area (Å²) in [4.78, 5) is 17.2. The van der Waals surface area contributed by atoms with E-state index >= 15 is 0 Å². The molecule has 1 heterocycles. The molecule has 3 rings (SSSR count). The van der Waals surface area contributed by atoms with Crippen LogP contribution in [0.4, 0.5) is 5.69 Å². The van der Waals surface area contributed by atoms with Gasteiger partial charge in [-0.3, -0.25) is 4.79 Å². The van der Waals surface area contributed by atoms with Crippen LogP contribution in [-0.2, 0) is 11.2 Å². The Morgan fingerprint density at radius 1 is 1.20 bits per heavy atom. The Balaban J connectivity index is 1.77. The van der Waals surface area contributed by atoms with Crippen LogP contribution < -0.4 is 5.32 Å². The van der Waals surface area contributed by atoms with Gasteiger partial charge in [0.15, 0.2) is 5.58 Å². The Bertz CT molecular complexity index is 855. The highest BCUT2D eigenvalue weighted by Crippen LogP contribution is 2.30.